The summed E-state index contributed by atoms with van der Waals surface area (Å²) in [5.74, 6) is 3.33. The zero-order chi connectivity index (χ0) is 9.45. The van der Waals surface area contributed by atoms with Crippen LogP contribution < -0.4 is 5.90 Å². The van der Waals surface area contributed by atoms with Crippen LogP contribution in [0.25, 0.3) is 0 Å². The molecule has 12 heavy (non-hydrogen) atoms. The number of rotatable bonds is 7. The molecule has 0 unspecified atom stereocenters. The van der Waals surface area contributed by atoms with Crippen LogP contribution in [0.1, 0.15) is 26.7 Å². The summed E-state index contributed by atoms with van der Waals surface area (Å²) in [6.45, 7) is 5.35. The fourth-order valence-corrected chi connectivity index (χ4v) is 2.49. The summed E-state index contributed by atoms with van der Waals surface area (Å²) in [7, 11) is 0. The predicted octanol–water partition coefficient (Wildman–Crippen LogP) is 0.859. The SMILES string of the molecule is CCCOP(=[Se])(O[NH3+])OCCC. The van der Waals surface area contributed by atoms with Crippen molar-refractivity contribution in [1.82, 2.24) is 0 Å². The van der Waals surface area contributed by atoms with E-state index in [2.05, 4.69) is 21.0 Å². The Morgan fingerprint density at radius 1 is 1.17 bits per heavy atom. The molecule has 0 bridgehead atoms. The van der Waals surface area contributed by atoms with Crippen molar-refractivity contribution in [2.24, 2.45) is 0 Å². The molecule has 0 fully saturated rings. The van der Waals surface area contributed by atoms with Gasteiger partial charge >= 0.3 is 80.8 Å². The summed E-state index contributed by atoms with van der Waals surface area (Å²) in [5.41, 5.74) is 0. The summed E-state index contributed by atoms with van der Waals surface area (Å²) < 4.78 is 15.7. The normalized spacial score (nSPS) is 11.9. The predicted molar refractivity (Wildman–Crippen MR) is 49.1 cm³/mol. The van der Waals surface area contributed by atoms with E-state index in [4.69, 9.17) is 13.7 Å². The minimum absolute atomic E-state index is 0.639. The standard InChI is InChI=1S/C6H17NO3PSe/c1-3-5-8-11(12,10-7)9-6-4-2/h3-6H2,1-2,7H3/q+1. The summed E-state index contributed by atoms with van der Waals surface area (Å²) in [5, 5.41) is 0. The van der Waals surface area contributed by atoms with Gasteiger partial charge in [-0.05, 0) is 0 Å². The molecule has 0 heterocycles. The van der Waals surface area contributed by atoms with Gasteiger partial charge in [-0.15, -0.1) is 0 Å². The van der Waals surface area contributed by atoms with Crippen LogP contribution in [0.2, 0.25) is 0 Å². The fourth-order valence-electron chi connectivity index (χ4n) is 0.518. The summed E-state index contributed by atoms with van der Waals surface area (Å²) in [4.78, 5) is 0. The number of hydrogen-bond acceptors (Lipinski definition) is 3. The van der Waals surface area contributed by atoms with Gasteiger partial charge in [0.15, 0.2) is 0 Å². The molecular weight excluding hydrogens is 244 g/mol. The molecule has 74 valence electrons. The molecule has 0 aromatic heterocycles. The van der Waals surface area contributed by atoms with Crippen LogP contribution in [0.4, 0.5) is 0 Å². The number of hydrogen-bond donors (Lipinski definition) is 1. The Hall–Kier alpha value is 0.789. The molecule has 0 aliphatic heterocycles. The van der Waals surface area contributed by atoms with E-state index < -0.39 is 6.19 Å². The fraction of sp³-hybridized carbons (Fsp3) is 1.00. The molecule has 3 N–H and O–H groups in total. The van der Waals surface area contributed by atoms with Crippen LogP contribution in [-0.4, -0.2) is 28.3 Å². The Morgan fingerprint density at radius 2 is 1.58 bits per heavy atom. The van der Waals surface area contributed by atoms with E-state index in [1.54, 1.807) is 0 Å². The molecule has 6 heteroatoms. The average molecular weight is 261 g/mol. The first-order valence-electron chi connectivity index (χ1n) is 4.01. The molecule has 0 atom stereocenters. The first-order chi connectivity index (χ1) is 5.68. The third-order valence-corrected chi connectivity index (χ3v) is 4.37. The van der Waals surface area contributed by atoms with Crippen LogP contribution in [0.15, 0.2) is 0 Å². The summed E-state index contributed by atoms with van der Waals surface area (Å²) in [6.07, 6.45) is -0.326. The zero-order valence-electron chi connectivity index (χ0n) is 7.62. The van der Waals surface area contributed by atoms with E-state index in [1.807, 2.05) is 13.8 Å². The van der Waals surface area contributed by atoms with Crippen molar-refractivity contribution in [1.29, 1.82) is 0 Å². The van der Waals surface area contributed by atoms with Gasteiger partial charge in [0.05, 0.1) is 0 Å². The van der Waals surface area contributed by atoms with Gasteiger partial charge in [0.1, 0.15) is 0 Å². The van der Waals surface area contributed by atoms with Gasteiger partial charge in [-0.3, -0.25) is 0 Å². The molecule has 0 rings (SSSR count). The number of quaternary nitrogens is 1. The molecule has 0 aromatic carbocycles. The molecule has 0 saturated carbocycles. The molecule has 0 amide bonds. The first-order valence-corrected chi connectivity index (χ1v) is 7.77. The molecule has 0 aliphatic rings. The monoisotopic (exact) mass is 262 g/mol. The molecule has 4 nitrogen and oxygen atoms in total. The molecule has 0 saturated heterocycles. The zero-order valence-corrected chi connectivity index (χ0v) is 10.2. The third-order valence-electron chi connectivity index (χ3n) is 1.07. The second kappa shape index (κ2) is 7.22. The third kappa shape index (κ3) is 5.44. The van der Waals surface area contributed by atoms with E-state index >= 15 is 0 Å². The van der Waals surface area contributed by atoms with E-state index in [0.29, 0.717) is 13.2 Å². The Balaban J connectivity index is 3.79. The van der Waals surface area contributed by atoms with Crippen LogP contribution >= 0.6 is 6.19 Å². The second-order valence-electron chi connectivity index (χ2n) is 2.24. The molecule has 0 radical (unpaired) electrons. The van der Waals surface area contributed by atoms with Gasteiger partial charge in [-0.25, -0.2) is 0 Å². The average Bonchev–Trinajstić information content (AvgIpc) is 2.11. The Morgan fingerprint density at radius 3 is 1.83 bits per heavy atom. The van der Waals surface area contributed by atoms with Crippen molar-refractivity contribution in [2.45, 2.75) is 26.7 Å². The molecule has 0 spiro atoms. The van der Waals surface area contributed by atoms with Crippen molar-refractivity contribution in [3.8, 4) is 0 Å². The van der Waals surface area contributed by atoms with Crippen molar-refractivity contribution in [2.75, 3.05) is 13.2 Å². The van der Waals surface area contributed by atoms with Crippen molar-refractivity contribution >= 4 is 21.3 Å². The van der Waals surface area contributed by atoms with Gasteiger partial charge in [-0.1, -0.05) is 0 Å². The van der Waals surface area contributed by atoms with Gasteiger partial charge < -0.3 is 0 Å². The maximum absolute atomic E-state index is 5.38. The molecule has 0 aromatic rings. The second-order valence-corrected chi connectivity index (χ2v) is 6.73. The van der Waals surface area contributed by atoms with Gasteiger partial charge in [0.25, 0.3) is 0 Å². The first kappa shape index (κ1) is 12.8. The Labute approximate surface area is 81.2 Å². The van der Waals surface area contributed by atoms with E-state index in [-0.39, 0.29) is 0 Å². The summed E-state index contributed by atoms with van der Waals surface area (Å²) >= 11 is 2.79. The van der Waals surface area contributed by atoms with Crippen LogP contribution in [0, 0.1) is 0 Å². The Bertz CT molecular complexity index is 144. The van der Waals surface area contributed by atoms with E-state index in [0.717, 1.165) is 12.8 Å². The van der Waals surface area contributed by atoms with Crippen molar-refractivity contribution in [3.63, 3.8) is 0 Å². The van der Waals surface area contributed by atoms with Crippen LogP contribution in [-0.2, 0) is 13.7 Å². The van der Waals surface area contributed by atoms with Gasteiger partial charge in [0.2, 0.25) is 0 Å². The van der Waals surface area contributed by atoms with Crippen molar-refractivity contribution < 1.29 is 19.6 Å². The van der Waals surface area contributed by atoms with Crippen LogP contribution in [0.3, 0.4) is 0 Å². The van der Waals surface area contributed by atoms with E-state index in [9.17, 15) is 0 Å². The van der Waals surface area contributed by atoms with Gasteiger partial charge in [0, 0.05) is 0 Å². The van der Waals surface area contributed by atoms with Crippen LogP contribution in [0.5, 0.6) is 0 Å². The topological polar surface area (TPSA) is 55.3 Å². The molecule has 0 aliphatic carbocycles. The Kier molecular flexibility index (Phi) is 7.69. The quantitative estimate of drug-likeness (QED) is 0.420. The minimum atomic E-state index is -2.22. The maximum atomic E-state index is 5.38. The van der Waals surface area contributed by atoms with Gasteiger partial charge in [-0.2, -0.15) is 0 Å². The van der Waals surface area contributed by atoms with Crippen molar-refractivity contribution in [3.05, 3.63) is 0 Å². The summed E-state index contributed by atoms with van der Waals surface area (Å²) in [6, 6.07) is 0. The van der Waals surface area contributed by atoms with E-state index in [1.165, 1.54) is 0 Å². The molecular formula is C6H17NO3PSe+.